The number of cyclic esters (lactones) is 1. The summed E-state index contributed by atoms with van der Waals surface area (Å²) in [6.07, 6.45) is 1.26. The Hall–Kier alpha value is -0.540. The van der Waals surface area contributed by atoms with Crippen molar-refractivity contribution in [2.24, 2.45) is 0 Å². The van der Waals surface area contributed by atoms with Gasteiger partial charge in [0.05, 0.1) is 4.34 Å². The fourth-order valence-electron chi connectivity index (χ4n) is 1.47. The van der Waals surface area contributed by atoms with Gasteiger partial charge in [0.25, 0.3) is 0 Å². The highest BCUT2D eigenvalue weighted by Gasteiger charge is 2.38. The van der Waals surface area contributed by atoms with E-state index in [1.807, 2.05) is 19.1 Å². The Balaban J connectivity index is 2.30. The van der Waals surface area contributed by atoms with E-state index in [1.54, 1.807) is 0 Å². The first-order valence-electron chi connectivity index (χ1n) is 4.08. The molecule has 1 unspecified atom stereocenters. The third kappa shape index (κ3) is 1.58. The van der Waals surface area contributed by atoms with Crippen molar-refractivity contribution >= 4 is 28.9 Å². The SMILES string of the molecule is CC1(c2ccc(Cl)s2)CCC(=O)O1. The molecule has 0 spiro atoms. The van der Waals surface area contributed by atoms with Crippen LogP contribution in [0.3, 0.4) is 0 Å². The molecule has 2 nitrogen and oxygen atoms in total. The molecule has 1 fully saturated rings. The van der Waals surface area contributed by atoms with Crippen molar-refractivity contribution in [1.29, 1.82) is 0 Å². The minimum atomic E-state index is -0.436. The Morgan fingerprint density at radius 3 is 2.85 bits per heavy atom. The number of halogens is 1. The number of carbonyl (C=O) groups is 1. The molecule has 0 bridgehead atoms. The van der Waals surface area contributed by atoms with Crippen LogP contribution < -0.4 is 0 Å². The van der Waals surface area contributed by atoms with Crippen molar-refractivity contribution in [2.75, 3.05) is 0 Å². The monoisotopic (exact) mass is 216 g/mol. The molecule has 0 saturated carbocycles. The van der Waals surface area contributed by atoms with Gasteiger partial charge < -0.3 is 4.74 Å². The van der Waals surface area contributed by atoms with E-state index in [0.29, 0.717) is 6.42 Å². The van der Waals surface area contributed by atoms with Gasteiger partial charge in [0.15, 0.2) is 0 Å². The highest BCUT2D eigenvalue weighted by Crippen LogP contribution is 2.40. The number of thiophene rings is 1. The molecule has 4 heteroatoms. The second kappa shape index (κ2) is 3.00. The average Bonchev–Trinajstić information content (AvgIpc) is 2.60. The number of carbonyl (C=O) groups excluding carboxylic acids is 1. The van der Waals surface area contributed by atoms with Crippen LogP contribution in [-0.2, 0) is 15.1 Å². The zero-order valence-corrected chi connectivity index (χ0v) is 8.74. The topological polar surface area (TPSA) is 26.3 Å². The van der Waals surface area contributed by atoms with Crippen LogP contribution in [-0.4, -0.2) is 5.97 Å². The summed E-state index contributed by atoms with van der Waals surface area (Å²) in [5, 5.41) is 0. The quantitative estimate of drug-likeness (QED) is 0.675. The van der Waals surface area contributed by atoms with Gasteiger partial charge in [-0.2, -0.15) is 0 Å². The average molecular weight is 217 g/mol. The molecule has 0 amide bonds. The Bertz CT molecular complexity index is 347. The lowest BCUT2D eigenvalue weighted by atomic mass is 10.0. The van der Waals surface area contributed by atoms with E-state index in [-0.39, 0.29) is 5.97 Å². The molecule has 0 N–H and O–H groups in total. The van der Waals surface area contributed by atoms with Gasteiger partial charge >= 0.3 is 5.97 Å². The van der Waals surface area contributed by atoms with Crippen LogP contribution in [0.5, 0.6) is 0 Å². The fourth-order valence-corrected chi connectivity index (χ4v) is 2.62. The Morgan fingerprint density at radius 2 is 2.38 bits per heavy atom. The summed E-state index contributed by atoms with van der Waals surface area (Å²) in [6.45, 7) is 1.93. The number of hydrogen-bond donors (Lipinski definition) is 0. The van der Waals surface area contributed by atoms with Gasteiger partial charge in [-0.15, -0.1) is 11.3 Å². The van der Waals surface area contributed by atoms with Gasteiger partial charge in [0.2, 0.25) is 0 Å². The predicted molar refractivity (Wildman–Crippen MR) is 52.0 cm³/mol. The lowest BCUT2D eigenvalue weighted by Crippen LogP contribution is -2.19. The van der Waals surface area contributed by atoms with Crippen LogP contribution in [0, 0.1) is 0 Å². The second-order valence-electron chi connectivity index (χ2n) is 3.31. The first kappa shape index (κ1) is 9.03. The summed E-state index contributed by atoms with van der Waals surface area (Å²) in [6, 6.07) is 3.75. The Labute approximate surface area is 85.5 Å². The normalized spacial score (nSPS) is 27.7. The van der Waals surface area contributed by atoms with Crippen LogP contribution in [0.15, 0.2) is 12.1 Å². The van der Waals surface area contributed by atoms with E-state index < -0.39 is 5.60 Å². The zero-order chi connectivity index (χ0) is 9.47. The first-order valence-corrected chi connectivity index (χ1v) is 5.27. The summed E-state index contributed by atoms with van der Waals surface area (Å²) in [7, 11) is 0. The molecule has 1 aromatic heterocycles. The maximum atomic E-state index is 11.0. The first-order chi connectivity index (χ1) is 6.10. The molecular weight excluding hydrogens is 208 g/mol. The third-order valence-corrected chi connectivity index (χ3v) is 3.72. The highest BCUT2D eigenvalue weighted by molar-refractivity contribution is 7.16. The Morgan fingerprint density at radius 1 is 1.62 bits per heavy atom. The molecule has 0 aromatic carbocycles. The van der Waals surface area contributed by atoms with Gasteiger partial charge in [0.1, 0.15) is 5.60 Å². The molecule has 1 aromatic rings. The summed E-state index contributed by atoms with van der Waals surface area (Å²) < 4.78 is 6.00. The molecule has 13 heavy (non-hydrogen) atoms. The lowest BCUT2D eigenvalue weighted by molar-refractivity contribution is -0.147. The van der Waals surface area contributed by atoms with Crippen molar-refractivity contribution in [3.8, 4) is 0 Å². The molecular formula is C9H9ClO2S. The van der Waals surface area contributed by atoms with E-state index in [9.17, 15) is 4.79 Å². The van der Waals surface area contributed by atoms with Crippen molar-refractivity contribution in [3.63, 3.8) is 0 Å². The third-order valence-electron chi connectivity index (χ3n) is 2.24. The maximum absolute atomic E-state index is 11.0. The number of ether oxygens (including phenoxy) is 1. The van der Waals surface area contributed by atoms with E-state index in [1.165, 1.54) is 11.3 Å². The largest absolute Gasteiger partial charge is 0.454 e. The van der Waals surface area contributed by atoms with Crippen LogP contribution >= 0.6 is 22.9 Å². The van der Waals surface area contributed by atoms with Gasteiger partial charge in [-0.1, -0.05) is 11.6 Å². The van der Waals surface area contributed by atoms with Crippen LogP contribution in [0.4, 0.5) is 0 Å². The summed E-state index contributed by atoms with van der Waals surface area (Å²) in [4.78, 5) is 12.0. The molecule has 2 rings (SSSR count). The smallest absolute Gasteiger partial charge is 0.306 e. The predicted octanol–water partition coefficient (Wildman–Crippen LogP) is 2.95. The standard InChI is InChI=1S/C9H9ClO2S/c1-9(5-4-8(11)12-9)6-2-3-7(10)13-6/h2-3H,4-5H2,1H3. The zero-order valence-electron chi connectivity index (χ0n) is 7.17. The molecule has 0 aliphatic carbocycles. The van der Waals surface area contributed by atoms with E-state index in [2.05, 4.69) is 0 Å². The van der Waals surface area contributed by atoms with Crippen LogP contribution in [0.25, 0.3) is 0 Å². The summed E-state index contributed by atoms with van der Waals surface area (Å²) in [5.74, 6) is -0.118. The van der Waals surface area contributed by atoms with Gasteiger partial charge in [-0.05, 0) is 19.1 Å². The molecule has 2 heterocycles. The van der Waals surface area contributed by atoms with E-state index in [4.69, 9.17) is 16.3 Å². The summed E-state index contributed by atoms with van der Waals surface area (Å²) in [5.41, 5.74) is -0.436. The second-order valence-corrected chi connectivity index (χ2v) is 5.02. The van der Waals surface area contributed by atoms with Crippen molar-refractivity contribution in [3.05, 3.63) is 21.3 Å². The molecule has 70 valence electrons. The lowest BCUT2D eigenvalue weighted by Gasteiger charge is -2.20. The van der Waals surface area contributed by atoms with Gasteiger partial charge in [-0.3, -0.25) is 4.79 Å². The molecule has 1 aliphatic heterocycles. The maximum Gasteiger partial charge on any atom is 0.306 e. The fraction of sp³-hybridized carbons (Fsp3) is 0.444. The van der Waals surface area contributed by atoms with Gasteiger partial charge in [0, 0.05) is 17.7 Å². The molecule has 1 aliphatic rings. The van der Waals surface area contributed by atoms with E-state index >= 15 is 0 Å². The van der Waals surface area contributed by atoms with Crippen LogP contribution in [0.2, 0.25) is 4.34 Å². The number of rotatable bonds is 1. The van der Waals surface area contributed by atoms with Gasteiger partial charge in [-0.25, -0.2) is 0 Å². The molecule has 0 radical (unpaired) electrons. The summed E-state index contributed by atoms with van der Waals surface area (Å²) >= 11 is 7.29. The minimum absolute atomic E-state index is 0.118. The highest BCUT2D eigenvalue weighted by atomic mass is 35.5. The number of hydrogen-bond acceptors (Lipinski definition) is 3. The molecule has 1 saturated heterocycles. The van der Waals surface area contributed by atoms with Crippen molar-refractivity contribution in [2.45, 2.75) is 25.4 Å². The van der Waals surface area contributed by atoms with Crippen molar-refractivity contribution in [1.82, 2.24) is 0 Å². The molecule has 1 atom stereocenters. The van der Waals surface area contributed by atoms with E-state index in [0.717, 1.165) is 15.6 Å². The number of esters is 1. The minimum Gasteiger partial charge on any atom is -0.454 e. The Kier molecular flexibility index (Phi) is 2.08. The van der Waals surface area contributed by atoms with Crippen molar-refractivity contribution < 1.29 is 9.53 Å². The van der Waals surface area contributed by atoms with Crippen LogP contribution in [0.1, 0.15) is 24.6 Å².